The Morgan fingerprint density at radius 1 is 0.821 bits per heavy atom. The van der Waals surface area contributed by atoms with Crippen LogP contribution in [-0.4, -0.2) is 48.4 Å². The number of hydrogen-bond acceptors (Lipinski definition) is 4. The van der Waals surface area contributed by atoms with Gasteiger partial charge in [-0.05, 0) is 25.7 Å². The van der Waals surface area contributed by atoms with E-state index in [2.05, 4.69) is 18.8 Å². The van der Waals surface area contributed by atoms with Crippen LogP contribution in [-0.2, 0) is 4.74 Å². The lowest BCUT2D eigenvalue weighted by molar-refractivity contribution is 0.0420. The zero-order valence-corrected chi connectivity index (χ0v) is 17.4. The maximum absolute atomic E-state index is 8.90. The largest absolute Gasteiger partial charge is 0.396 e. The smallest absolute Gasteiger partial charge is 0.0719 e. The van der Waals surface area contributed by atoms with Gasteiger partial charge >= 0.3 is 0 Å². The van der Waals surface area contributed by atoms with Crippen molar-refractivity contribution in [2.75, 3.05) is 26.4 Å². The first-order chi connectivity index (χ1) is 13.6. The molecule has 0 radical (unpaired) electrons. The van der Waals surface area contributed by atoms with Crippen LogP contribution in [0.3, 0.4) is 0 Å². The summed E-state index contributed by atoms with van der Waals surface area (Å²) in [6.07, 6.45) is 2.06. The zero-order chi connectivity index (χ0) is 20.6. The Balaban J connectivity index is 0.000000311. The fourth-order valence-corrected chi connectivity index (χ4v) is 2.47. The molecule has 0 amide bonds. The molecule has 2 N–H and O–H groups in total. The van der Waals surface area contributed by atoms with Crippen LogP contribution in [0, 0.1) is 5.92 Å². The van der Waals surface area contributed by atoms with E-state index in [1.807, 2.05) is 67.6 Å². The lowest BCUT2D eigenvalue weighted by Crippen LogP contribution is -2.11. The van der Waals surface area contributed by atoms with Crippen molar-refractivity contribution < 1.29 is 14.9 Å². The first kappa shape index (κ1) is 24.0. The molecule has 28 heavy (non-hydrogen) atoms. The van der Waals surface area contributed by atoms with E-state index in [1.54, 1.807) is 0 Å². The van der Waals surface area contributed by atoms with E-state index in [9.17, 15) is 0 Å². The molecule has 0 bridgehead atoms. The van der Waals surface area contributed by atoms with Gasteiger partial charge in [-0.2, -0.15) is 0 Å². The van der Waals surface area contributed by atoms with Gasteiger partial charge in [-0.15, -0.1) is 0 Å². The highest BCUT2D eigenvalue weighted by atomic mass is 16.5. The summed E-state index contributed by atoms with van der Waals surface area (Å²) >= 11 is 0. The second-order valence-corrected chi connectivity index (χ2v) is 7.06. The summed E-state index contributed by atoms with van der Waals surface area (Å²) in [4.78, 5) is 4.45. The lowest BCUT2D eigenvalue weighted by Gasteiger charge is -2.12. The van der Waals surface area contributed by atoms with Gasteiger partial charge in [-0.1, -0.05) is 74.5 Å². The number of aliphatic imine (C=N–C) groups is 1. The van der Waals surface area contributed by atoms with E-state index in [1.165, 1.54) is 0 Å². The molecular weight excluding hydrogens is 350 g/mol. The molecule has 0 heterocycles. The fraction of sp³-hybridized carbons (Fsp3) is 0.458. The minimum atomic E-state index is 0.0726. The normalized spacial score (nSPS) is 11.5. The minimum absolute atomic E-state index is 0.0726. The quantitative estimate of drug-likeness (QED) is 0.598. The highest BCUT2D eigenvalue weighted by molar-refractivity contribution is 6.12. The van der Waals surface area contributed by atoms with Crippen molar-refractivity contribution in [1.82, 2.24) is 0 Å². The Labute approximate surface area is 169 Å². The number of nitrogens with zero attached hydrogens (tertiary/aromatic N) is 1. The van der Waals surface area contributed by atoms with Crippen molar-refractivity contribution in [2.45, 2.75) is 39.7 Å². The van der Waals surface area contributed by atoms with Crippen LogP contribution >= 0.6 is 0 Å². The van der Waals surface area contributed by atoms with Crippen LogP contribution in [0.15, 0.2) is 65.7 Å². The molecule has 0 fully saturated rings. The minimum Gasteiger partial charge on any atom is -0.396 e. The van der Waals surface area contributed by atoms with Crippen LogP contribution in [0.1, 0.15) is 44.7 Å². The molecule has 4 heteroatoms. The van der Waals surface area contributed by atoms with Crippen LogP contribution < -0.4 is 0 Å². The summed E-state index contributed by atoms with van der Waals surface area (Å²) in [5, 5.41) is 17.5. The molecule has 1 atom stereocenters. The van der Waals surface area contributed by atoms with Gasteiger partial charge in [-0.25, -0.2) is 0 Å². The summed E-state index contributed by atoms with van der Waals surface area (Å²) < 4.78 is 5.43. The Kier molecular flexibility index (Phi) is 12.9. The van der Waals surface area contributed by atoms with Crippen molar-refractivity contribution >= 4 is 5.71 Å². The average Bonchev–Trinajstić information content (AvgIpc) is 2.70. The molecular formula is C24H35NO3. The van der Waals surface area contributed by atoms with E-state index in [4.69, 9.17) is 14.9 Å². The Morgan fingerprint density at radius 2 is 1.36 bits per heavy atom. The van der Waals surface area contributed by atoms with Gasteiger partial charge in [0.2, 0.25) is 0 Å². The van der Waals surface area contributed by atoms with E-state index < -0.39 is 0 Å². The molecule has 154 valence electrons. The summed E-state index contributed by atoms with van der Waals surface area (Å²) in [5.74, 6) is 0.705. The third-order valence-electron chi connectivity index (χ3n) is 4.10. The van der Waals surface area contributed by atoms with Gasteiger partial charge < -0.3 is 14.9 Å². The topological polar surface area (TPSA) is 62.0 Å². The molecule has 0 saturated carbocycles. The van der Waals surface area contributed by atoms with Gasteiger partial charge in [-0.3, -0.25) is 4.99 Å². The van der Waals surface area contributed by atoms with Gasteiger partial charge in [0, 0.05) is 24.3 Å². The fourth-order valence-electron chi connectivity index (χ4n) is 2.47. The van der Waals surface area contributed by atoms with Crippen LogP contribution in [0.4, 0.5) is 0 Å². The van der Waals surface area contributed by atoms with Crippen LogP contribution in [0.2, 0.25) is 0 Å². The predicted molar refractivity (Wildman–Crippen MR) is 117 cm³/mol. The average molecular weight is 386 g/mol. The number of aliphatic hydroxyl groups excluding tert-OH is 2. The standard InChI is InChI=1S/C15H15NO.C9H20O2/c17-12-11-16-15(13-7-3-1-4-8-13)14-9-5-2-6-10-14;1-8(2)5-7-11-9(3)4-6-10/h1-10,17H,11-12H2;8-10H,4-7H2,1-3H3. The molecule has 0 aliphatic heterocycles. The highest BCUT2D eigenvalue weighted by Crippen LogP contribution is 2.10. The van der Waals surface area contributed by atoms with E-state index in [0.717, 1.165) is 36.3 Å². The molecule has 0 aliphatic rings. The first-order valence-corrected chi connectivity index (χ1v) is 10.1. The SMILES string of the molecule is CC(C)CCOC(C)CCO.OCCN=C(c1ccccc1)c1ccccc1. The summed E-state index contributed by atoms with van der Waals surface area (Å²) in [6.45, 7) is 7.90. The molecule has 1 unspecified atom stereocenters. The van der Waals surface area contributed by atoms with E-state index >= 15 is 0 Å². The molecule has 0 saturated heterocycles. The van der Waals surface area contributed by atoms with Crippen molar-refractivity contribution in [1.29, 1.82) is 0 Å². The summed E-state index contributed by atoms with van der Waals surface area (Å²) in [7, 11) is 0. The molecule has 2 aromatic rings. The monoisotopic (exact) mass is 385 g/mol. The number of hydrogen-bond donors (Lipinski definition) is 2. The van der Waals surface area contributed by atoms with Crippen molar-refractivity contribution in [3.05, 3.63) is 71.8 Å². The first-order valence-electron chi connectivity index (χ1n) is 10.1. The van der Waals surface area contributed by atoms with Crippen molar-refractivity contribution in [3.8, 4) is 0 Å². The molecule has 0 aromatic heterocycles. The van der Waals surface area contributed by atoms with Gasteiger partial charge in [0.1, 0.15) is 0 Å². The van der Waals surface area contributed by atoms with E-state index in [-0.39, 0.29) is 19.3 Å². The predicted octanol–water partition coefficient (Wildman–Crippen LogP) is 4.34. The van der Waals surface area contributed by atoms with Gasteiger partial charge in [0.25, 0.3) is 0 Å². The Morgan fingerprint density at radius 3 is 1.79 bits per heavy atom. The van der Waals surface area contributed by atoms with E-state index in [0.29, 0.717) is 12.5 Å². The second kappa shape index (κ2) is 15.0. The molecule has 2 aromatic carbocycles. The van der Waals surface area contributed by atoms with Crippen molar-refractivity contribution in [3.63, 3.8) is 0 Å². The number of ether oxygens (including phenoxy) is 1. The second-order valence-electron chi connectivity index (χ2n) is 7.06. The van der Waals surface area contributed by atoms with Crippen LogP contribution in [0.25, 0.3) is 0 Å². The zero-order valence-electron chi connectivity index (χ0n) is 17.4. The summed E-state index contributed by atoms with van der Waals surface area (Å²) in [5.41, 5.74) is 3.08. The summed E-state index contributed by atoms with van der Waals surface area (Å²) in [6, 6.07) is 20.1. The number of aliphatic hydroxyl groups is 2. The number of benzene rings is 2. The molecule has 4 nitrogen and oxygen atoms in total. The third kappa shape index (κ3) is 10.4. The van der Waals surface area contributed by atoms with Gasteiger partial charge in [0.05, 0.1) is 25.0 Å². The highest BCUT2D eigenvalue weighted by Gasteiger charge is 2.05. The Bertz CT molecular complexity index is 600. The van der Waals surface area contributed by atoms with Crippen molar-refractivity contribution in [2.24, 2.45) is 10.9 Å². The van der Waals surface area contributed by atoms with Gasteiger partial charge in [0.15, 0.2) is 0 Å². The number of rotatable bonds is 10. The Hall–Kier alpha value is -2.01. The van der Waals surface area contributed by atoms with Crippen LogP contribution in [0.5, 0.6) is 0 Å². The molecule has 2 rings (SSSR count). The third-order valence-corrected chi connectivity index (χ3v) is 4.10. The molecule has 0 spiro atoms. The maximum Gasteiger partial charge on any atom is 0.0719 e. The lowest BCUT2D eigenvalue weighted by atomic mass is 10.0. The maximum atomic E-state index is 8.90. The molecule has 0 aliphatic carbocycles.